The Balaban J connectivity index is 1.93. The van der Waals surface area contributed by atoms with Crippen LogP contribution < -0.4 is 5.32 Å². The van der Waals surface area contributed by atoms with Crippen LogP contribution >= 0.6 is 0 Å². The Bertz CT molecular complexity index is 552. The Labute approximate surface area is 120 Å². The molecule has 1 atom stereocenters. The molecule has 0 bridgehead atoms. The molecule has 1 heterocycles. The lowest BCUT2D eigenvalue weighted by Crippen LogP contribution is -2.41. The molecule has 3 N–H and O–H groups in total. The fraction of sp³-hybridized carbons (Fsp3) is 0.583. The number of carboxylic acid groups (broad SMARTS) is 1. The van der Waals surface area contributed by atoms with Gasteiger partial charge in [-0.15, -0.1) is 5.10 Å². The summed E-state index contributed by atoms with van der Waals surface area (Å²) in [5.74, 6) is -1.60. The summed E-state index contributed by atoms with van der Waals surface area (Å²) in [7, 11) is 1.21. The van der Waals surface area contributed by atoms with Crippen molar-refractivity contribution in [3.63, 3.8) is 0 Å². The second-order valence-corrected chi connectivity index (χ2v) is 4.80. The second-order valence-electron chi connectivity index (χ2n) is 4.80. The Kier molecular flexibility index (Phi) is 4.51. The van der Waals surface area contributed by atoms with E-state index in [9.17, 15) is 14.4 Å². The second kappa shape index (κ2) is 6.33. The average molecular weight is 296 g/mol. The number of carboxylic acids is 1. The van der Waals surface area contributed by atoms with Gasteiger partial charge in [-0.05, 0) is 19.3 Å². The molecule has 2 rings (SSSR count). The van der Waals surface area contributed by atoms with Gasteiger partial charge in [0.25, 0.3) is 5.91 Å². The Morgan fingerprint density at radius 1 is 1.48 bits per heavy atom. The van der Waals surface area contributed by atoms with Crippen molar-refractivity contribution in [3.05, 3.63) is 11.6 Å². The number of aromatic nitrogens is 3. The van der Waals surface area contributed by atoms with Crippen molar-refractivity contribution in [2.75, 3.05) is 7.11 Å². The minimum absolute atomic E-state index is 0.0619. The summed E-state index contributed by atoms with van der Waals surface area (Å²) in [6.45, 7) is 0. The van der Waals surface area contributed by atoms with E-state index in [0.29, 0.717) is 11.7 Å². The molecule has 9 heteroatoms. The van der Waals surface area contributed by atoms with Crippen LogP contribution in [0.25, 0.3) is 0 Å². The first-order valence-electron chi connectivity index (χ1n) is 6.54. The number of aliphatic carboxylic acids is 1. The molecule has 1 aliphatic rings. The number of carbonyl (C=O) groups excluding carboxylic acids is 2. The summed E-state index contributed by atoms with van der Waals surface area (Å²) in [4.78, 5) is 38.0. The molecule has 9 nitrogen and oxygen atoms in total. The minimum Gasteiger partial charge on any atom is -0.480 e. The number of ether oxygens (including phenoxy) is 1. The normalized spacial score (nSPS) is 15.3. The lowest BCUT2D eigenvalue weighted by Gasteiger charge is -2.12. The van der Waals surface area contributed by atoms with E-state index >= 15 is 0 Å². The molecule has 1 aromatic heterocycles. The molecule has 1 fully saturated rings. The summed E-state index contributed by atoms with van der Waals surface area (Å²) < 4.78 is 4.43. The summed E-state index contributed by atoms with van der Waals surface area (Å²) in [6, 6.07) is -1.19. The van der Waals surface area contributed by atoms with E-state index in [0.717, 1.165) is 12.8 Å². The predicted octanol–water partition coefficient (Wildman–Crippen LogP) is -0.182. The van der Waals surface area contributed by atoms with E-state index < -0.39 is 23.9 Å². The highest BCUT2D eigenvalue weighted by Crippen LogP contribution is 2.37. The standard InChI is InChI=1S/C12H16N4O5/c1-21-8(17)5-4-7(12(19)20)13-11(18)10-14-9(15-16-10)6-2-3-6/h6-7H,2-5H2,1H3,(H,13,18)(H,19,20)(H,14,15,16)/t7-/m0/s1. The number of hydrogen-bond acceptors (Lipinski definition) is 6. The van der Waals surface area contributed by atoms with Crippen LogP contribution in [-0.4, -0.2) is 51.3 Å². The van der Waals surface area contributed by atoms with E-state index in [-0.39, 0.29) is 18.7 Å². The highest BCUT2D eigenvalue weighted by molar-refractivity contribution is 5.93. The van der Waals surface area contributed by atoms with E-state index in [1.807, 2.05) is 0 Å². The third kappa shape index (κ3) is 4.01. The minimum atomic E-state index is -1.23. The maximum absolute atomic E-state index is 11.9. The number of nitrogens with one attached hydrogen (secondary N) is 2. The van der Waals surface area contributed by atoms with E-state index in [4.69, 9.17) is 5.11 Å². The zero-order chi connectivity index (χ0) is 15.4. The quantitative estimate of drug-likeness (QED) is 0.594. The van der Waals surface area contributed by atoms with Gasteiger partial charge in [-0.2, -0.15) is 0 Å². The van der Waals surface area contributed by atoms with Crippen LogP contribution in [0.5, 0.6) is 0 Å². The number of methoxy groups -OCH3 is 1. The monoisotopic (exact) mass is 296 g/mol. The zero-order valence-electron chi connectivity index (χ0n) is 11.5. The zero-order valence-corrected chi connectivity index (χ0v) is 11.5. The van der Waals surface area contributed by atoms with Crippen molar-refractivity contribution in [2.45, 2.75) is 37.6 Å². The number of hydrogen-bond donors (Lipinski definition) is 3. The van der Waals surface area contributed by atoms with Crippen LogP contribution in [0.1, 0.15) is 48.0 Å². The topological polar surface area (TPSA) is 134 Å². The molecule has 1 amide bonds. The van der Waals surface area contributed by atoms with Gasteiger partial charge in [0.1, 0.15) is 11.9 Å². The molecule has 114 valence electrons. The number of carbonyl (C=O) groups is 3. The van der Waals surface area contributed by atoms with E-state index in [1.165, 1.54) is 7.11 Å². The van der Waals surface area contributed by atoms with Gasteiger partial charge < -0.3 is 15.2 Å². The first kappa shape index (κ1) is 14.9. The molecule has 0 aromatic carbocycles. The van der Waals surface area contributed by atoms with Crippen molar-refractivity contribution in [1.29, 1.82) is 0 Å². The number of esters is 1. The van der Waals surface area contributed by atoms with Crippen molar-refractivity contribution < 1.29 is 24.2 Å². The summed E-state index contributed by atoms with van der Waals surface area (Å²) in [5.41, 5.74) is 0. The molecule has 0 saturated heterocycles. The Morgan fingerprint density at radius 2 is 2.19 bits per heavy atom. The number of aromatic amines is 1. The highest BCUT2D eigenvalue weighted by Gasteiger charge is 2.29. The maximum Gasteiger partial charge on any atom is 0.326 e. The van der Waals surface area contributed by atoms with Gasteiger partial charge in [0.05, 0.1) is 7.11 Å². The fourth-order valence-corrected chi connectivity index (χ4v) is 1.76. The first-order valence-corrected chi connectivity index (χ1v) is 6.54. The Morgan fingerprint density at radius 3 is 2.76 bits per heavy atom. The molecular weight excluding hydrogens is 280 g/mol. The summed E-state index contributed by atoms with van der Waals surface area (Å²) in [5, 5.41) is 17.8. The van der Waals surface area contributed by atoms with Crippen molar-refractivity contribution in [2.24, 2.45) is 0 Å². The van der Waals surface area contributed by atoms with Gasteiger partial charge in [0.2, 0.25) is 5.82 Å². The molecule has 1 aromatic rings. The van der Waals surface area contributed by atoms with Crippen LogP contribution in [-0.2, 0) is 14.3 Å². The Hall–Kier alpha value is -2.45. The molecular formula is C12H16N4O5. The van der Waals surface area contributed by atoms with Crippen molar-refractivity contribution in [1.82, 2.24) is 20.5 Å². The van der Waals surface area contributed by atoms with E-state index in [2.05, 4.69) is 25.2 Å². The smallest absolute Gasteiger partial charge is 0.326 e. The summed E-state index contributed by atoms with van der Waals surface area (Å²) in [6.07, 6.45) is 1.85. The van der Waals surface area contributed by atoms with Crippen molar-refractivity contribution in [3.8, 4) is 0 Å². The van der Waals surface area contributed by atoms with Crippen LogP contribution in [0.4, 0.5) is 0 Å². The third-order valence-corrected chi connectivity index (χ3v) is 3.14. The molecule has 1 saturated carbocycles. The number of H-pyrrole nitrogens is 1. The molecule has 0 spiro atoms. The first-order chi connectivity index (χ1) is 10.0. The van der Waals surface area contributed by atoms with Crippen LogP contribution in [0, 0.1) is 0 Å². The van der Waals surface area contributed by atoms with Crippen molar-refractivity contribution >= 4 is 17.8 Å². The van der Waals surface area contributed by atoms with Crippen LogP contribution in [0.3, 0.4) is 0 Å². The molecule has 21 heavy (non-hydrogen) atoms. The molecule has 1 aliphatic carbocycles. The van der Waals surface area contributed by atoms with Gasteiger partial charge in [-0.25, -0.2) is 9.78 Å². The maximum atomic E-state index is 11.9. The van der Waals surface area contributed by atoms with Gasteiger partial charge in [-0.1, -0.05) is 0 Å². The lowest BCUT2D eigenvalue weighted by molar-refractivity contribution is -0.142. The van der Waals surface area contributed by atoms with Gasteiger partial charge in [0.15, 0.2) is 0 Å². The third-order valence-electron chi connectivity index (χ3n) is 3.14. The predicted molar refractivity (Wildman–Crippen MR) is 68.5 cm³/mol. The fourth-order valence-electron chi connectivity index (χ4n) is 1.76. The summed E-state index contributed by atoms with van der Waals surface area (Å²) >= 11 is 0. The SMILES string of the molecule is COC(=O)CC[C@H](NC(=O)c1n[nH]c(C2CC2)n1)C(=O)O. The number of nitrogens with zero attached hydrogens (tertiary/aromatic N) is 2. The molecule has 0 unspecified atom stereocenters. The van der Waals surface area contributed by atoms with Crippen LogP contribution in [0.15, 0.2) is 0 Å². The highest BCUT2D eigenvalue weighted by atomic mass is 16.5. The largest absolute Gasteiger partial charge is 0.480 e. The van der Waals surface area contributed by atoms with E-state index in [1.54, 1.807) is 0 Å². The van der Waals surface area contributed by atoms with Crippen LogP contribution in [0.2, 0.25) is 0 Å². The number of rotatable bonds is 7. The molecule has 0 aliphatic heterocycles. The van der Waals surface area contributed by atoms with Gasteiger partial charge in [-0.3, -0.25) is 14.7 Å². The molecule has 0 radical (unpaired) electrons. The van der Waals surface area contributed by atoms with Gasteiger partial charge in [0, 0.05) is 12.3 Å². The average Bonchev–Trinajstić information content (AvgIpc) is 3.19. The lowest BCUT2D eigenvalue weighted by atomic mass is 10.1. The number of amides is 1. The van der Waals surface area contributed by atoms with Gasteiger partial charge >= 0.3 is 11.9 Å².